The highest BCUT2D eigenvalue weighted by Crippen LogP contribution is 2.34. The number of aromatic nitrogens is 3. The maximum atomic E-state index is 12.8. The number of thioether (sulfide) groups is 1. The van der Waals surface area contributed by atoms with E-state index >= 15 is 0 Å². The summed E-state index contributed by atoms with van der Waals surface area (Å²) < 4.78 is 13.4. The van der Waals surface area contributed by atoms with Crippen molar-refractivity contribution >= 4 is 17.5 Å². The molecular formula is C24H25N3O3S. The van der Waals surface area contributed by atoms with Gasteiger partial charge in [-0.3, -0.25) is 4.79 Å². The van der Waals surface area contributed by atoms with Gasteiger partial charge in [-0.05, 0) is 61.1 Å². The van der Waals surface area contributed by atoms with Gasteiger partial charge in [0.1, 0.15) is 0 Å². The van der Waals surface area contributed by atoms with E-state index in [0.717, 1.165) is 47.7 Å². The van der Waals surface area contributed by atoms with Crippen LogP contribution in [-0.4, -0.2) is 39.5 Å². The lowest BCUT2D eigenvalue weighted by Crippen LogP contribution is -2.08. The van der Waals surface area contributed by atoms with Gasteiger partial charge in [-0.2, -0.15) is 0 Å². The van der Waals surface area contributed by atoms with Crippen LogP contribution in [0.4, 0.5) is 0 Å². The average molecular weight is 436 g/mol. The zero-order chi connectivity index (χ0) is 21.2. The van der Waals surface area contributed by atoms with Crippen LogP contribution in [0, 0.1) is 0 Å². The van der Waals surface area contributed by atoms with Gasteiger partial charge in [-0.15, -0.1) is 10.2 Å². The Hall–Kier alpha value is -2.80. The molecule has 0 radical (unpaired) electrons. The molecule has 2 aromatic carbocycles. The molecule has 7 heteroatoms. The van der Waals surface area contributed by atoms with E-state index in [4.69, 9.17) is 9.47 Å². The first-order valence-electron chi connectivity index (χ1n) is 10.8. The van der Waals surface area contributed by atoms with E-state index in [1.807, 2.05) is 35.9 Å². The molecule has 1 aromatic heterocycles. The average Bonchev–Trinajstić information content (AvgIpc) is 3.01. The zero-order valence-corrected chi connectivity index (χ0v) is 18.4. The maximum Gasteiger partial charge on any atom is 0.191 e. The number of rotatable bonds is 5. The van der Waals surface area contributed by atoms with Crippen molar-refractivity contribution in [2.75, 3.05) is 19.0 Å². The molecule has 1 aliphatic carbocycles. The van der Waals surface area contributed by atoms with Crippen LogP contribution in [0.2, 0.25) is 0 Å². The fraction of sp³-hybridized carbons (Fsp3) is 0.375. The molecule has 0 atom stereocenters. The summed E-state index contributed by atoms with van der Waals surface area (Å²) in [5.74, 6) is 2.69. The van der Waals surface area contributed by atoms with E-state index in [2.05, 4.69) is 22.3 Å². The lowest BCUT2D eigenvalue weighted by molar-refractivity contribution is 0.102. The summed E-state index contributed by atoms with van der Waals surface area (Å²) in [4.78, 5) is 12.8. The lowest BCUT2D eigenvalue weighted by atomic mass is 9.90. The van der Waals surface area contributed by atoms with Crippen LogP contribution in [0.25, 0.3) is 11.4 Å². The van der Waals surface area contributed by atoms with Crippen LogP contribution in [0.3, 0.4) is 0 Å². The van der Waals surface area contributed by atoms with Crippen LogP contribution >= 0.6 is 11.8 Å². The van der Waals surface area contributed by atoms with Gasteiger partial charge in [0.2, 0.25) is 0 Å². The molecule has 0 bridgehead atoms. The molecule has 1 aliphatic heterocycles. The Morgan fingerprint density at radius 1 is 0.968 bits per heavy atom. The Morgan fingerprint density at radius 3 is 2.65 bits per heavy atom. The van der Waals surface area contributed by atoms with Crippen molar-refractivity contribution in [3.8, 4) is 22.9 Å². The fourth-order valence-corrected chi connectivity index (χ4v) is 4.92. The Bertz CT molecular complexity index is 1130. The summed E-state index contributed by atoms with van der Waals surface area (Å²) in [6.45, 7) is 1.30. The third-order valence-electron chi connectivity index (χ3n) is 5.84. The van der Waals surface area contributed by atoms with Crippen molar-refractivity contribution in [2.45, 2.75) is 37.3 Å². The molecule has 31 heavy (non-hydrogen) atoms. The Kier molecular flexibility index (Phi) is 5.68. The van der Waals surface area contributed by atoms with Gasteiger partial charge in [0.15, 0.2) is 28.3 Å². The molecule has 0 N–H and O–H groups in total. The van der Waals surface area contributed by atoms with Gasteiger partial charge in [0.05, 0.1) is 19.0 Å². The third kappa shape index (κ3) is 4.19. The van der Waals surface area contributed by atoms with Gasteiger partial charge in [-0.25, -0.2) is 0 Å². The first kappa shape index (κ1) is 20.1. The number of aryl methyl sites for hydroxylation is 2. The highest BCUT2D eigenvalue weighted by atomic mass is 32.2. The van der Waals surface area contributed by atoms with E-state index in [0.29, 0.717) is 24.1 Å². The van der Waals surface area contributed by atoms with E-state index in [-0.39, 0.29) is 5.78 Å². The Balaban J connectivity index is 1.29. The molecule has 0 saturated carbocycles. The maximum absolute atomic E-state index is 12.8. The Morgan fingerprint density at radius 2 is 1.77 bits per heavy atom. The number of benzene rings is 2. The molecule has 2 aliphatic rings. The van der Waals surface area contributed by atoms with E-state index < -0.39 is 0 Å². The first-order valence-corrected chi connectivity index (χ1v) is 11.7. The van der Waals surface area contributed by atoms with Crippen LogP contribution < -0.4 is 9.47 Å². The molecular weight excluding hydrogens is 410 g/mol. The third-order valence-corrected chi connectivity index (χ3v) is 6.86. The molecule has 0 amide bonds. The largest absolute Gasteiger partial charge is 0.490 e. The zero-order valence-electron chi connectivity index (χ0n) is 17.6. The van der Waals surface area contributed by atoms with Crippen molar-refractivity contribution in [1.29, 1.82) is 0 Å². The van der Waals surface area contributed by atoms with Gasteiger partial charge in [-0.1, -0.05) is 23.9 Å². The number of ether oxygens (including phenoxy) is 2. The van der Waals surface area contributed by atoms with E-state index in [1.54, 1.807) is 0 Å². The van der Waals surface area contributed by atoms with Crippen molar-refractivity contribution < 1.29 is 14.3 Å². The van der Waals surface area contributed by atoms with Crippen LogP contribution in [0.15, 0.2) is 41.6 Å². The summed E-state index contributed by atoms with van der Waals surface area (Å²) in [5.41, 5.74) is 4.42. The molecule has 0 fully saturated rings. The quantitative estimate of drug-likeness (QED) is 0.434. The van der Waals surface area contributed by atoms with Gasteiger partial charge < -0.3 is 14.0 Å². The highest BCUT2D eigenvalue weighted by molar-refractivity contribution is 7.99. The summed E-state index contributed by atoms with van der Waals surface area (Å²) in [6, 6.07) is 12.0. The summed E-state index contributed by atoms with van der Waals surface area (Å²) in [5, 5.41) is 9.38. The van der Waals surface area contributed by atoms with Crippen LogP contribution in [-0.2, 0) is 19.9 Å². The number of ketones is 1. The minimum atomic E-state index is 0.124. The molecule has 5 rings (SSSR count). The molecule has 160 valence electrons. The smallest absolute Gasteiger partial charge is 0.191 e. The van der Waals surface area contributed by atoms with Gasteiger partial charge >= 0.3 is 0 Å². The summed E-state index contributed by atoms with van der Waals surface area (Å²) in [6.07, 6.45) is 5.52. The number of hydrogen-bond acceptors (Lipinski definition) is 6. The predicted molar refractivity (Wildman–Crippen MR) is 120 cm³/mol. The predicted octanol–water partition coefficient (Wildman–Crippen LogP) is 4.50. The van der Waals surface area contributed by atoms with Crippen LogP contribution in [0.1, 0.15) is 40.7 Å². The second-order valence-corrected chi connectivity index (χ2v) is 8.92. The van der Waals surface area contributed by atoms with E-state index in [1.165, 1.54) is 35.7 Å². The molecule has 2 heterocycles. The van der Waals surface area contributed by atoms with Crippen molar-refractivity contribution in [3.63, 3.8) is 0 Å². The monoisotopic (exact) mass is 435 g/mol. The number of fused-ring (bicyclic) bond motifs is 2. The normalized spacial score (nSPS) is 15.3. The summed E-state index contributed by atoms with van der Waals surface area (Å²) >= 11 is 1.42. The molecule has 3 aromatic rings. The molecule has 0 spiro atoms. The lowest BCUT2D eigenvalue weighted by Gasteiger charge is -2.16. The van der Waals surface area contributed by atoms with Crippen molar-refractivity contribution in [3.05, 3.63) is 53.1 Å². The van der Waals surface area contributed by atoms with E-state index in [9.17, 15) is 4.79 Å². The van der Waals surface area contributed by atoms with Crippen molar-refractivity contribution in [1.82, 2.24) is 14.8 Å². The van der Waals surface area contributed by atoms with Gasteiger partial charge in [0, 0.05) is 24.6 Å². The number of Topliss-reactive ketones (excluding diaryl/α,β-unsaturated/α-hetero) is 1. The number of hydrogen-bond donors (Lipinski definition) is 0. The highest BCUT2D eigenvalue weighted by Gasteiger charge is 2.18. The molecule has 6 nitrogen and oxygen atoms in total. The number of carbonyl (C=O) groups excluding carboxylic acids is 1. The number of carbonyl (C=O) groups is 1. The first-order chi connectivity index (χ1) is 15.2. The molecule has 0 saturated heterocycles. The topological polar surface area (TPSA) is 66.2 Å². The van der Waals surface area contributed by atoms with Crippen molar-refractivity contribution in [2.24, 2.45) is 7.05 Å². The molecule has 0 unspecified atom stereocenters. The minimum absolute atomic E-state index is 0.124. The van der Waals surface area contributed by atoms with Crippen LogP contribution in [0.5, 0.6) is 11.5 Å². The second-order valence-electron chi connectivity index (χ2n) is 7.98. The number of nitrogens with zero attached hydrogens (tertiary/aromatic N) is 3. The Labute approximate surface area is 186 Å². The summed E-state index contributed by atoms with van der Waals surface area (Å²) in [7, 11) is 1.92. The standard InChI is InChI=1S/C24H25N3O3S/c1-27-23(19-9-10-21-22(14-19)30-12-4-11-29-21)25-26-24(27)31-15-20(28)18-8-7-16-5-2-3-6-17(16)13-18/h7-10,13-14H,2-6,11-12,15H2,1H3. The fourth-order valence-electron chi connectivity index (χ4n) is 4.11. The van der Waals surface area contributed by atoms with Gasteiger partial charge in [0.25, 0.3) is 0 Å². The SMILES string of the molecule is Cn1c(SCC(=O)c2ccc3c(c2)CCCC3)nnc1-c1ccc2c(c1)OCCCO2. The minimum Gasteiger partial charge on any atom is -0.490 e. The second kappa shape index (κ2) is 8.75.